The van der Waals surface area contributed by atoms with Gasteiger partial charge in [-0.1, -0.05) is 58.0 Å². The monoisotopic (exact) mass is 409 g/mol. The molecule has 0 aromatic carbocycles. The first-order valence-corrected chi connectivity index (χ1v) is 15.4. The van der Waals surface area contributed by atoms with Gasteiger partial charge in [-0.15, -0.1) is 0 Å². The Morgan fingerprint density at radius 2 is 1.46 bits per heavy atom. The van der Waals surface area contributed by atoms with Crippen molar-refractivity contribution in [2.24, 2.45) is 17.8 Å². The van der Waals surface area contributed by atoms with Crippen molar-refractivity contribution in [3.8, 4) is 0 Å². The van der Waals surface area contributed by atoms with Gasteiger partial charge in [0, 0.05) is 12.1 Å². The lowest BCUT2D eigenvalue weighted by Crippen LogP contribution is -2.58. The highest BCUT2D eigenvalue weighted by molar-refractivity contribution is 6.76. The van der Waals surface area contributed by atoms with Crippen molar-refractivity contribution in [2.45, 2.75) is 136 Å². The summed E-state index contributed by atoms with van der Waals surface area (Å²) in [4.78, 5) is 4.12. The normalized spacial score (nSPS) is 29.1. The van der Waals surface area contributed by atoms with Crippen LogP contribution in [0, 0.1) is 17.8 Å². The van der Waals surface area contributed by atoms with Crippen molar-refractivity contribution >= 4 is 8.24 Å². The average molecular weight is 410 g/mol. The Morgan fingerprint density at radius 1 is 0.857 bits per heavy atom. The molecule has 0 aromatic heterocycles. The molecule has 2 saturated carbocycles. The summed E-state index contributed by atoms with van der Waals surface area (Å²) in [6.07, 6.45) is 14.4. The minimum atomic E-state index is -1.41. The van der Waals surface area contributed by atoms with E-state index in [-0.39, 0.29) is 11.1 Å². The molecular formula is C25H51NOSi. The Bertz CT molecular complexity index is 462. The van der Waals surface area contributed by atoms with Crippen LogP contribution < -0.4 is 4.98 Å². The Morgan fingerprint density at radius 3 is 2.07 bits per heavy atom. The van der Waals surface area contributed by atoms with Crippen molar-refractivity contribution in [3.05, 3.63) is 0 Å². The second kappa shape index (κ2) is 9.96. The Labute approximate surface area is 178 Å². The molecule has 3 heteroatoms. The van der Waals surface area contributed by atoms with Crippen LogP contribution >= 0.6 is 0 Å². The van der Waals surface area contributed by atoms with Gasteiger partial charge in [0.15, 0.2) is 0 Å². The van der Waals surface area contributed by atoms with Gasteiger partial charge in [0.05, 0.1) is 5.60 Å². The fourth-order valence-corrected chi connectivity index (χ4v) is 10.9. The molecule has 0 bridgehead atoms. The Kier molecular flexibility index (Phi) is 8.68. The summed E-state index contributed by atoms with van der Waals surface area (Å²) < 4.78 is 5.87. The van der Waals surface area contributed by atoms with Crippen molar-refractivity contribution in [2.75, 3.05) is 6.61 Å². The molecule has 2 aliphatic rings. The van der Waals surface area contributed by atoms with Gasteiger partial charge in [0.1, 0.15) is 8.24 Å². The first-order chi connectivity index (χ1) is 12.9. The zero-order valence-corrected chi connectivity index (χ0v) is 21.5. The predicted molar refractivity (Wildman–Crippen MR) is 126 cm³/mol. The summed E-state index contributed by atoms with van der Waals surface area (Å²) in [5, 5.41) is 0. The van der Waals surface area contributed by atoms with E-state index in [0.29, 0.717) is 0 Å². The van der Waals surface area contributed by atoms with Crippen molar-refractivity contribution in [1.82, 2.24) is 4.98 Å². The maximum atomic E-state index is 5.87. The van der Waals surface area contributed by atoms with Crippen LogP contribution in [0.3, 0.4) is 0 Å². The summed E-state index contributed by atoms with van der Waals surface area (Å²) in [7, 11) is -1.41. The van der Waals surface area contributed by atoms with Gasteiger partial charge in [-0.05, 0) is 84.1 Å². The van der Waals surface area contributed by atoms with Crippen LogP contribution in [-0.4, -0.2) is 26.0 Å². The van der Waals surface area contributed by atoms with E-state index in [2.05, 4.69) is 59.6 Å². The third-order valence-electron chi connectivity index (χ3n) is 7.18. The summed E-state index contributed by atoms with van der Waals surface area (Å²) in [5.41, 5.74) is 1.27. The Hall–Kier alpha value is 0.137. The predicted octanol–water partition coefficient (Wildman–Crippen LogP) is 7.54. The quantitative estimate of drug-likeness (QED) is 0.313. The van der Waals surface area contributed by atoms with Gasteiger partial charge in [-0.2, -0.15) is 0 Å². The highest BCUT2D eigenvalue weighted by Crippen LogP contribution is 2.56. The lowest BCUT2D eigenvalue weighted by molar-refractivity contribution is -0.00477. The van der Waals surface area contributed by atoms with Crippen LogP contribution in [0.2, 0.25) is 18.6 Å². The smallest absolute Gasteiger partial charge is 0.123 e. The number of ether oxygens (including phenoxy) is 1. The van der Waals surface area contributed by atoms with Gasteiger partial charge in [-0.25, -0.2) is 0 Å². The van der Waals surface area contributed by atoms with Crippen LogP contribution in [0.25, 0.3) is 0 Å². The van der Waals surface area contributed by atoms with E-state index in [1.807, 2.05) is 0 Å². The number of rotatable bonds is 9. The highest BCUT2D eigenvalue weighted by Gasteiger charge is 2.50. The molecular weight excluding hydrogens is 358 g/mol. The fourth-order valence-electron chi connectivity index (χ4n) is 6.41. The topological polar surface area (TPSA) is 21.3 Å². The molecule has 0 aliphatic heterocycles. The zero-order chi connectivity index (χ0) is 21.0. The summed E-state index contributed by atoms with van der Waals surface area (Å²) in [6.45, 7) is 19.7. The molecule has 1 N–H and O–H groups in total. The van der Waals surface area contributed by atoms with Crippen LogP contribution in [0.4, 0.5) is 0 Å². The van der Waals surface area contributed by atoms with Gasteiger partial charge in [0.2, 0.25) is 0 Å². The first kappa shape index (κ1) is 24.4. The number of hydrogen-bond donors (Lipinski definition) is 1. The minimum absolute atomic E-state index is 0.0205. The second-order valence-corrected chi connectivity index (χ2v) is 16.9. The van der Waals surface area contributed by atoms with Gasteiger partial charge in [0.25, 0.3) is 0 Å². The van der Waals surface area contributed by atoms with E-state index in [1.165, 1.54) is 64.2 Å². The number of hydrogen-bond acceptors (Lipinski definition) is 2. The van der Waals surface area contributed by atoms with Gasteiger partial charge >= 0.3 is 0 Å². The molecule has 0 amide bonds. The number of fused-ring (bicyclic) bond motifs is 1. The molecule has 0 radical (unpaired) electrons. The zero-order valence-electron chi connectivity index (χ0n) is 20.5. The average Bonchev–Trinajstić information content (AvgIpc) is 2.91. The lowest BCUT2D eigenvalue weighted by atomic mass is 9.76. The van der Waals surface area contributed by atoms with Crippen LogP contribution in [0.15, 0.2) is 0 Å². The standard InChI is InChI=1S/C25H51NOSi/c1-24(2,3)26-28(7,8)23-19-20(21-16-12-13-17-22(21)23)15-11-9-10-14-18-27-25(4,5)6/h20-23,26H,9-19H2,1-8H3. The molecule has 2 fully saturated rings. The lowest BCUT2D eigenvalue weighted by Gasteiger charge is -2.42. The summed E-state index contributed by atoms with van der Waals surface area (Å²) >= 11 is 0. The number of unbranched alkanes of at least 4 members (excludes halogenated alkanes) is 3. The molecule has 0 spiro atoms. The molecule has 4 unspecified atom stereocenters. The largest absolute Gasteiger partial charge is 0.376 e. The van der Waals surface area contributed by atoms with Crippen molar-refractivity contribution < 1.29 is 4.74 Å². The SMILES string of the molecule is CC(C)(C)N[Si](C)(C)C1CC(CCCCCCOC(C)(C)C)C2CCCCC21. The number of nitrogens with one attached hydrogen (secondary N) is 1. The molecule has 2 rings (SSSR count). The molecule has 166 valence electrons. The molecule has 28 heavy (non-hydrogen) atoms. The van der Waals surface area contributed by atoms with Crippen LogP contribution in [0.1, 0.15) is 106 Å². The molecule has 2 aliphatic carbocycles. The third-order valence-corrected chi connectivity index (χ3v) is 11.1. The minimum Gasteiger partial charge on any atom is -0.376 e. The van der Waals surface area contributed by atoms with E-state index in [1.54, 1.807) is 0 Å². The summed E-state index contributed by atoms with van der Waals surface area (Å²) in [5.74, 6) is 3.07. The molecule has 0 aromatic rings. The van der Waals surface area contributed by atoms with Crippen molar-refractivity contribution in [3.63, 3.8) is 0 Å². The van der Waals surface area contributed by atoms with E-state index in [4.69, 9.17) is 4.74 Å². The second-order valence-electron chi connectivity index (χ2n) is 12.5. The van der Waals surface area contributed by atoms with Gasteiger partial charge < -0.3 is 9.72 Å². The molecule has 2 nitrogen and oxygen atoms in total. The van der Waals surface area contributed by atoms with Crippen LogP contribution in [0.5, 0.6) is 0 Å². The van der Waals surface area contributed by atoms with Gasteiger partial charge in [-0.3, -0.25) is 0 Å². The summed E-state index contributed by atoms with van der Waals surface area (Å²) in [6, 6.07) is 0. The highest BCUT2D eigenvalue weighted by atomic mass is 28.3. The van der Waals surface area contributed by atoms with E-state index < -0.39 is 8.24 Å². The molecule has 0 saturated heterocycles. The van der Waals surface area contributed by atoms with E-state index in [9.17, 15) is 0 Å². The van der Waals surface area contributed by atoms with E-state index >= 15 is 0 Å². The van der Waals surface area contributed by atoms with Crippen molar-refractivity contribution in [1.29, 1.82) is 0 Å². The molecule has 4 atom stereocenters. The third kappa shape index (κ3) is 7.76. The maximum Gasteiger partial charge on any atom is 0.123 e. The Balaban J connectivity index is 1.81. The van der Waals surface area contributed by atoms with E-state index in [0.717, 1.165) is 29.9 Å². The first-order valence-electron chi connectivity index (χ1n) is 12.3. The fraction of sp³-hybridized carbons (Fsp3) is 1.00. The van der Waals surface area contributed by atoms with Crippen LogP contribution in [-0.2, 0) is 4.74 Å². The molecule has 0 heterocycles. The maximum absolute atomic E-state index is 5.87.